The van der Waals surface area contributed by atoms with E-state index >= 15 is 0 Å². The minimum Gasteiger partial charge on any atom is -0.493 e. The van der Waals surface area contributed by atoms with Crippen LogP contribution < -0.4 is 24.2 Å². The maximum absolute atomic E-state index is 12.1. The smallest absolute Gasteiger partial charge is 0.262 e. The van der Waals surface area contributed by atoms with Crippen LogP contribution in [0.4, 0.5) is 5.69 Å². The standard InChI is InChI=1S/C19H24N2O6S/c1-13(2)21-28(23,24)16-8-6-15(7-9-16)27-12-19(22)20-14-5-10-17(25-3)18(11-14)26-4/h5-11,13,21H,12H2,1-4H3,(H,20,22). The molecule has 0 aliphatic rings. The average Bonchev–Trinajstić information content (AvgIpc) is 2.65. The Labute approximate surface area is 164 Å². The number of carbonyl (C=O) groups is 1. The Bertz CT molecular complexity index is 911. The number of hydrogen-bond acceptors (Lipinski definition) is 6. The zero-order valence-corrected chi connectivity index (χ0v) is 17.0. The highest BCUT2D eigenvalue weighted by Gasteiger charge is 2.15. The minimum atomic E-state index is -3.57. The Kier molecular flexibility index (Phi) is 7.24. The summed E-state index contributed by atoms with van der Waals surface area (Å²) in [6.45, 7) is 3.25. The first kappa shape index (κ1) is 21.5. The van der Waals surface area contributed by atoms with Gasteiger partial charge in [-0.3, -0.25) is 4.79 Å². The molecular formula is C19H24N2O6S. The molecule has 0 spiro atoms. The summed E-state index contributed by atoms with van der Waals surface area (Å²) in [6.07, 6.45) is 0. The third-order valence-corrected chi connectivity index (χ3v) is 5.24. The Morgan fingerprint density at radius 2 is 1.64 bits per heavy atom. The molecule has 0 aromatic heterocycles. The summed E-state index contributed by atoms with van der Waals surface area (Å²) in [7, 11) is -0.533. The second-order valence-corrected chi connectivity index (χ2v) is 7.87. The number of nitrogens with one attached hydrogen (secondary N) is 2. The first-order valence-corrected chi connectivity index (χ1v) is 10.0. The topological polar surface area (TPSA) is 103 Å². The molecule has 0 radical (unpaired) electrons. The van der Waals surface area contributed by atoms with Crippen molar-refractivity contribution >= 4 is 21.6 Å². The highest BCUT2D eigenvalue weighted by Crippen LogP contribution is 2.29. The van der Waals surface area contributed by atoms with Gasteiger partial charge in [0.2, 0.25) is 10.0 Å². The van der Waals surface area contributed by atoms with Crippen LogP contribution in [0.5, 0.6) is 17.2 Å². The fourth-order valence-electron chi connectivity index (χ4n) is 2.35. The Hall–Kier alpha value is -2.78. The number of anilines is 1. The normalized spacial score (nSPS) is 11.2. The monoisotopic (exact) mass is 408 g/mol. The van der Waals surface area contributed by atoms with E-state index in [0.717, 1.165) is 0 Å². The number of hydrogen-bond donors (Lipinski definition) is 2. The summed E-state index contributed by atoms with van der Waals surface area (Å²) in [5, 5.41) is 2.69. The third kappa shape index (κ3) is 5.86. The highest BCUT2D eigenvalue weighted by molar-refractivity contribution is 7.89. The summed E-state index contributed by atoms with van der Waals surface area (Å²) >= 11 is 0. The lowest BCUT2D eigenvalue weighted by Gasteiger charge is -2.12. The molecule has 28 heavy (non-hydrogen) atoms. The van der Waals surface area contributed by atoms with Crippen LogP contribution in [0.3, 0.4) is 0 Å². The van der Waals surface area contributed by atoms with E-state index < -0.39 is 10.0 Å². The van der Waals surface area contributed by atoms with Crippen LogP contribution in [0, 0.1) is 0 Å². The number of benzene rings is 2. The first-order chi connectivity index (χ1) is 13.2. The van der Waals surface area contributed by atoms with Gasteiger partial charge < -0.3 is 19.5 Å². The number of methoxy groups -OCH3 is 2. The molecule has 0 atom stereocenters. The highest BCUT2D eigenvalue weighted by atomic mass is 32.2. The summed E-state index contributed by atoms with van der Waals surface area (Å²) in [5.41, 5.74) is 0.535. The fourth-order valence-corrected chi connectivity index (χ4v) is 3.60. The molecule has 0 bridgehead atoms. The SMILES string of the molecule is COc1ccc(NC(=O)COc2ccc(S(=O)(=O)NC(C)C)cc2)cc1OC. The molecule has 152 valence electrons. The van der Waals surface area contributed by atoms with Crippen LogP contribution in [0.15, 0.2) is 47.4 Å². The molecule has 1 amide bonds. The van der Waals surface area contributed by atoms with Crippen molar-refractivity contribution in [1.29, 1.82) is 0 Å². The average molecular weight is 408 g/mol. The van der Waals surface area contributed by atoms with E-state index in [2.05, 4.69) is 10.0 Å². The molecule has 8 nitrogen and oxygen atoms in total. The molecule has 2 aromatic rings. The molecule has 9 heteroatoms. The zero-order valence-electron chi connectivity index (χ0n) is 16.2. The van der Waals surface area contributed by atoms with Crippen molar-refractivity contribution in [3.05, 3.63) is 42.5 Å². The van der Waals surface area contributed by atoms with E-state index in [4.69, 9.17) is 14.2 Å². The number of carbonyl (C=O) groups excluding carboxylic acids is 1. The van der Waals surface area contributed by atoms with Gasteiger partial charge in [0.05, 0.1) is 19.1 Å². The molecule has 0 aliphatic carbocycles. The van der Waals surface area contributed by atoms with Crippen LogP contribution in [0.1, 0.15) is 13.8 Å². The second-order valence-electron chi connectivity index (χ2n) is 6.15. The van der Waals surface area contributed by atoms with Gasteiger partial charge >= 0.3 is 0 Å². The van der Waals surface area contributed by atoms with Gasteiger partial charge in [0.25, 0.3) is 5.91 Å². The lowest BCUT2D eigenvalue weighted by Crippen LogP contribution is -2.30. The van der Waals surface area contributed by atoms with E-state index in [1.54, 1.807) is 32.0 Å². The van der Waals surface area contributed by atoms with Gasteiger partial charge in [-0.2, -0.15) is 0 Å². The number of ether oxygens (including phenoxy) is 3. The Balaban J connectivity index is 1.94. The van der Waals surface area contributed by atoms with Gasteiger partial charge in [-0.15, -0.1) is 0 Å². The van der Waals surface area contributed by atoms with E-state index in [1.807, 2.05) is 0 Å². The van der Waals surface area contributed by atoms with E-state index in [-0.39, 0.29) is 23.5 Å². The fraction of sp³-hybridized carbons (Fsp3) is 0.316. The van der Waals surface area contributed by atoms with Crippen molar-refractivity contribution in [2.45, 2.75) is 24.8 Å². The number of sulfonamides is 1. The van der Waals surface area contributed by atoms with Crippen molar-refractivity contribution in [2.75, 3.05) is 26.1 Å². The molecule has 0 saturated carbocycles. The summed E-state index contributed by atoms with van der Waals surface area (Å²) in [4.78, 5) is 12.2. The lowest BCUT2D eigenvalue weighted by molar-refractivity contribution is -0.118. The van der Waals surface area contributed by atoms with Crippen LogP contribution >= 0.6 is 0 Å². The van der Waals surface area contributed by atoms with Crippen molar-refractivity contribution in [3.63, 3.8) is 0 Å². The molecule has 0 heterocycles. The molecule has 2 aromatic carbocycles. The molecule has 2 rings (SSSR count). The van der Waals surface area contributed by atoms with Gasteiger partial charge in [0.1, 0.15) is 5.75 Å². The molecule has 0 aliphatic heterocycles. The van der Waals surface area contributed by atoms with E-state index in [1.165, 1.54) is 38.5 Å². The zero-order chi connectivity index (χ0) is 20.7. The Morgan fingerprint density at radius 1 is 1.00 bits per heavy atom. The number of amides is 1. The van der Waals surface area contributed by atoms with Crippen molar-refractivity contribution in [1.82, 2.24) is 4.72 Å². The van der Waals surface area contributed by atoms with Crippen molar-refractivity contribution < 1.29 is 27.4 Å². The van der Waals surface area contributed by atoms with Gasteiger partial charge in [-0.1, -0.05) is 0 Å². The van der Waals surface area contributed by atoms with Crippen molar-refractivity contribution in [2.24, 2.45) is 0 Å². The third-order valence-electron chi connectivity index (χ3n) is 3.56. The van der Waals surface area contributed by atoms with Gasteiger partial charge in [-0.05, 0) is 50.2 Å². The van der Waals surface area contributed by atoms with Gasteiger partial charge in [0.15, 0.2) is 18.1 Å². The number of rotatable bonds is 9. The van der Waals surface area contributed by atoms with E-state index in [0.29, 0.717) is 22.9 Å². The summed E-state index contributed by atoms with van der Waals surface area (Å²) in [6, 6.07) is 10.6. The maximum atomic E-state index is 12.1. The predicted octanol–water partition coefficient (Wildman–Crippen LogP) is 2.41. The molecule has 2 N–H and O–H groups in total. The van der Waals surface area contributed by atoms with Gasteiger partial charge in [-0.25, -0.2) is 13.1 Å². The maximum Gasteiger partial charge on any atom is 0.262 e. The van der Waals surface area contributed by atoms with Crippen LogP contribution in [0.2, 0.25) is 0 Å². The quantitative estimate of drug-likeness (QED) is 0.661. The summed E-state index contributed by atoms with van der Waals surface area (Å²) < 4.78 is 42.4. The van der Waals surface area contributed by atoms with E-state index in [9.17, 15) is 13.2 Å². The first-order valence-electron chi connectivity index (χ1n) is 8.52. The van der Waals surface area contributed by atoms with Crippen LogP contribution in [-0.4, -0.2) is 41.2 Å². The Morgan fingerprint density at radius 3 is 2.21 bits per heavy atom. The lowest BCUT2D eigenvalue weighted by atomic mass is 10.2. The van der Waals surface area contributed by atoms with Gasteiger partial charge in [0, 0.05) is 17.8 Å². The predicted molar refractivity (Wildman–Crippen MR) is 106 cm³/mol. The summed E-state index contributed by atoms with van der Waals surface area (Å²) in [5.74, 6) is 1.06. The second kappa shape index (κ2) is 9.43. The van der Waals surface area contributed by atoms with Crippen LogP contribution in [0.25, 0.3) is 0 Å². The molecule has 0 fully saturated rings. The minimum absolute atomic E-state index is 0.128. The van der Waals surface area contributed by atoms with Crippen molar-refractivity contribution in [3.8, 4) is 17.2 Å². The molecule has 0 saturated heterocycles. The molecular weight excluding hydrogens is 384 g/mol. The molecule has 0 unspecified atom stereocenters. The van der Waals surface area contributed by atoms with Crippen LogP contribution in [-0.2, 0) is 14.8 Å². The largest absolute Gasteiger partial charge is 0.493 e.